The second-order valence-electron chi connectivity index (χ2n) is 6.78. The summed E-state index contributed by atoms with van der Waals surface area (Å²) in [5.41, 5.74) is 6.01. The Bertz CT molecular complexity index is 332. The van der Waals surface area contributed by atoms with Crippen molar-refractivity contribution in [2.75, 3.05) is 27.2 Å². The van der Waals surface area contributed by atoms with Crippen molar-refractivity contribution in [2.24, 2.45) is 17.6 Å². The molecular formula is C16H31N3O. The smallest absolute Gasteiger partial charge is 0.239 e. The Balaban J connectivity index is 2.11. The Morgan fingerprint density at radius 1 is 1.30 bits per heavy atom. The molecule has 2 aliphatic rings. The van der Waals surface area contributed by atoms with Crippen LogP contribution < -0.4 is 5.73 Å². The molecule has 4 unspecified atom stereocenters. The third-order valence-corrected chi connectivity index (χ3v) is 5.39. The van der Waals surface area contributed by atoms with Crippen LogP contribution in [-0.4, -0.2) is 55.0 Å². The minimum atomic E-state index is 0.0969. The zero-order valence-electron chi connectivity index (χ0n) is 13.3. The summed E-state index contributed by atoms with van der Waals surface area (Å²) < 4.78 is 0. The maximum absolute atomic E-state index is 12.4. The molecule has 4 heteroatoms. The molecule has 0 aromatic carbocycles. The van der Waals surface area contributed by atoms with Crippen LogP contribution in [0.3, 0.4) is 0 Å². The lowest BCUT2D eigenvalue weighted by molar-refractivity contribution is -0.135. The predicted molar refractivity (Wildman–Crippen MR) is 82.4 cm³/mol. The Morgan fingerprint density at radius 2 is 2.05 bits per heavy atom. The number of nitrogens with two attached hydrogens (primary N) is 1. The topological polar surface area (TPSA) is 49.6 Å². The number of carbonyl (C=O) groups excluding carboxylic acids is 1. The molecule has 4 nitrogen and oxygen atoms in total. The lowest BCUT2D eigenvalue weighted by Crippen LogP contribution is -2.52. The van der Waals surface area contributed by atoms with Crippen molar-refractivity contribution >= 4 is 5.91 Å². The Kier molecular flexibility index (Phi) is 5.44. The van der Waals surface area contributed by atoms with Gasteiger partial charge in [0.2, 0.25) is 5.91 Å². The number of likely N-dealkylation sites (tertiary alicyclic amines) is 1. The van der Waals surface area contributed by atoms with Gasteiger partial charge in [-0.3, -0.25) is 9.69 Å². The van der Waals surface area contributed by atoms with Gasteiger partial charge < -0.3 is 10.6 Å². The van der Waals surface area contributed by atoms with Gasteiger partial charge in [0, 0.05) is 20.1 Å². The van der Waals surface area contributed by atoms with Crippen LogP contribution in [-0.2, 0) is 4.79 Å². The van der Waals surface area contributed by atoms with Gasteiger partial charge in [-0.1, -0.05) is 19.8 Å². The highest BCUT2D eigenvalue weighted by molar-refractivity contribution is 5.81. The van der Waals surface area contributed by atoms with Crippen molar-refractivity contribution in [1.29, 1.82) is 0 Å². The third kappa shape index (κ3) is 3.17. The van der Waals surface area contributed by atoms with Crippen LogP contribution in [0.25, 0.3) is 0 Å². The summed E-state index contributed by atoms with van der Waals surface area (Å²) in [6.45, 7) is 4.12. The molecule has 0 aromatic heterocycles. The number of amides is 1. The van der Waals surface area contributed by atoms with E-state index >= 15 is 0 Å². The zero-order valence-corrected chi connectivity index (χ0v) is 13.3. The average Bonchev–Trinajstić information content (AvgIpc) is 2.94. The fourth-order valence-corrected chi connectivity index (χ4v) is 4.10. The van der Waals surface area contributed by atoms with Gasteiger partial charge in [0.05, 0.1) is 6.04 Å². The minimum absolute atomic E-state index is 0.0969. The lowest BCUT2D eigenvalue weighted by atomic mass is 9.76. The van der Waals surface area contributed by atoms with Crippen LogP contribution in [0.1, 0.15) is 45.4 Å². The van der Waals surface area contributed by atoms with E-state index in [2.05, 4.69) is 11.8 Å². The van der Waals surface area contributed by atoms with Crippen LogP contribution in [0.5, 0.6) is 0 Å². The van der Waals surface area contributed by atoms with Crippen molar-refractivity contribution in [2.45, 2.75) is 57.5 Å². The van der Waals surface area contributed by atoms with Crippen molar-refractivity contribution in [3.05, 3.63) is 0 Å². The number of likely N-dealkylation sites (N-methyl/N-ethyl adjacent to an activating group) is 1. The van der Waals surface area contributed by atoms with E-state index in [1.165, 1.54) is 25.7 Å². The van der Waals surface area contributed by atoms with Gasteiger partial charge in [-0.2, -0.15) is 0 Å². The summed E-state index contributed by atoms with van der Waals surface area (Å²) in [4.78, 5) is 16.6. The van der Waals surface area contributed by atoms with Gasteiger partial charge in [0.15, 0.2) is 0 Å². The fourth-order valence-electron chi connectivity index (χ4n) is 4.10. The van der Waals surface area contributed by atoms with Gasteiger partial charge in [-0.25, -0.2) is 0 Å². The minimum Gasteiger partial charge on any atom is -0.347 e. The SMILES string of the molecule is CCC1CCC(CN)C(N2CCCC2C(=O)N(C)C)C1. The molecule has 0 bridgehead atoms. The molecule has 0 aromatic rings. The van der Waals surface area contributed by atoms with E-state index < -0.39 is 0 Å². The maximum atomic E-state index is 12.4. The summed E-state index contributed by atoms with van der Waals surface area (Å²) in [7, 11) is 3.74. The highest BCUT2D eigenvalue weighted by Crippen LogP contribution is 2.37. The Hall–Kier alpha value is -0.610. The zero-order chi connectivity index (χ0) is 14.7. The highest BCUT2D eigenvalue weighted by Gasteiger charge is 2.41. The van der Waals surface area contributed by atoms with E-state index in [-0.39, 0.29) is 11.9 Å². The molecule has 20 heavy (non-hydrogen) atoms. The maximum Gasteiger partial charge on any atom is 0.239 e. The molecule has 1 aliphatic carbocycles. The van der Waals surface area contributed by atoms with Gasteiger partial charge >= 0.3 is 0 Å². The number of nitrogens with zero attached hydrogens (tertiary/aromatic N) is 2. The second kappa shape index (κ2) is 6.90. The summed E-state index contributed by atoms with van der Waals surface area (Å²) >= 11 is 0. The van der Waals surface area contributed by atoms with Gasteiger partial charge in [-0.15, -0.1) is 0 Å². The first-order valence-corrected chi connectivity index (χ1v) is 8.25. The summed E-state index contributed by atoms with van der Waals surface area (Å²) in [6.07, 6.45) is 7.20. The van der Waals surface area contributed by atoms with E-state index in [4.69, 9.17) is 5.73 Å². The second-order valence-corrected chi connectivity index (χ2v) is 6.78. The van der Waals surface area contributed by atoms with E-state index in [9.17, 15) is 4.79 Å². The lowest BCUT2D eigenvalue weighted by Gasteiger charge is -2.43. The summed E-state index contributed by atoms with van der Waals surface area (Å²) in [5.74, 6) is 1.67. The van der Waals surface area contributed by atoms with Gasteiger partial charge in [-0.05, 0) is 50.6 Å². The fraction of sp³-hybridized carbons (Fsp3) is 0.938. The van der Waals surface area contributed by atoms with Crippen molar-refractivity contribution in [1.82, 2.24) is 9.80 Å². The van der Waals surface area contributed by atoms with Crippen LogP contribution in [0.4, 0.5) is 0 Å². The molecule has 1 saturated carbocycles. The van der Waals surface area contributed by atoms with Crippen LogP contribution in [0, 0.1) is 11.8 Å². The third-order valence-electron chi connectivity index (χ3n) is 5.39. The molecule has 1 amide bonds. The van der Waals surface area contributed by atoms with Crippen LogP contribution in [0.15, 0.2) is 0 Å². The number of hydrogen-bond acceptors (Lipinski definition) is 3. The standard InChI is InChI=1S/C16H31N3O/c1-4-12-7-8-13(11-17)15(10-12)19-9-5-6-14(19)16(20)18(2)3/h12-15H,4-11,17H2,1-3H3. The first kappa shape index (κ1) is 15.8. The molecule has 4 atom stereocenters. The molecular weight excluding hydrogens is 250 g/mol. The monoisotopic (exact) mass is 281 g/mol. The van der Waals surface area contributed by atoms with Gasteiger partial charge in [0.1, 0.15) is 0 Å². The van der Waals surface area contributed by atoms with Crippen LogP contribution in [0.2, 0.25) is 0 Å². The molecule has 1 saturated heterocycles. The van der Waals surface area contributed by atoms with Crippen molar-refractivity contribution < 1.29 is 4.79 Å². The molecule has 2 fully saturated rings. The Labute approximate surface area is 123 Å². The van der Waals surface area contributed by atoms with E-state index in [0.717, 1.165) is 31.8 Å². The predicted octanol–water partition coefficient (Wildman–Crippen LogP) is 1.69. The molecule has 2 N–H and O–H groups in total. The molecule has 116 valence electrons. The quantitative estimate of drug-likeness (QED) is 0.853. The number of carbonyl (C=O) groups is 1. The normalized spacial score (nSPS) is 35.2. The average molecular weight is 281 g/mol. The van der Waals surface area contributed by atoms with Crippen LogP contribution >= 0.6 is 0 Å². The van der Waals surface area contributed by atoms with Crippen molar-refractivity contribution in [3.8, 4) is 0 Å². The molecule has 1 heterocycles. The van der Waals surface area contributed by atoms with E-state index in [1.807, 2.05) is 14.1 Å². The van der Waals surface area contributed by atoms with E-state index in [1.54, 1.807) is 4.90 Å². The highest BCUT2D eigenvalue weighted by atomic mass is 16.2. The summed E-state index contributed by atoms with van der Waals surface area (Å²) in [5, 5.41) is 0. The first-order chi connectivity index (χ1) is 9.58. The summed E-state index contributed by atoms with van der Waals surface area (Å²) in [6, 6.07) is 0.620. The number of rotatable bonds is 4. The molecule has 0 radical (unpaired) electrons. The van der Waals surface area contributed by atoms with Gasteiger partial charge in [0.25, 0.3) is 0 Å². The van der Waals surface area contributed by atoms with E-state index in [0.29, 0.717) is 12.0 Å². The van der Waals surface area contributed by atoms with Crippen molar-refractivity contribution in [3.63, 3.8) is 0 Å². The number of hydrogen-bond donors (Lipinski definition) is 1. The first-order valence-electron chi connectivity index (χ1n) is 8.25. The molecule has 2 rings (SSSR count). The Morgan fingerprint density at radius 3 is 2.65 bits per heavy atom. The molecule has 0 spiro atoms. The molecule has 1 aliphatic heterocycles. The largest absolute Gasteiger partial charge is 0.347 e.